The Morgan fingerprint density at radius 3 is 2.67 bits per heavy atom. The Morgan fingerprint density at radius 1 is 1.56 bits per heavy atom. The number of nitrogens with zero attached hydrogens (tertiary/aromatic N) is 4. The first-order valence-corrected chi connectivity index (χ1v) is 5.57. The molecular weight excluding hydrogens is 232 g/mol. The highest BCUT2D eigenvalue weighted by atomic mass is 16.5. The number of hydrogen-bond donors (Lipinski definition) is 0. The molecule has 0 aliphatic heterocycles. The third-order valence-electron chi connectivity index (χ3n) is 2.08. The normalized spacial score (nSPS) is 11.3. The van der Waals surface area contributed by atoms with Crippen molar-refractivity contribution in [3.05, 3.63) is 18.0 Å². The molecule has 0 spiro atoms. The maximum absolute atomic E-state index is 9.00. The molecule has 0 saturated carbocycles. The summed E-state index contributed by atoms with van der Waals surface area (Å²) in [5.74, 6) is 1.14. The Balaban J connectivity index is 3.02. The van der Waals surface area contributed by atoms with Crippen molar-refractivity contribution in [2.75, 3.05) is 21.2 Å². The molecule has 1 rings (SSSR count). The first-order chi connectivity index (χ1) is 8.47. The molecule has 0 bridgehead atoms. The summed E-state index contributed by atoms with van der Waals surface area (Å²) in [6.45, 7) is 3.95. The number of rotatable bonds is 5. The minimum atomic E-state index is 0.114. The monoisotopic (exact) mass is 250 g/mol. The summed E-state index contributed by atoms with van der Waals surface area (Å²) in [5, 5.41) is 13.2. The van der Waals surface area contributed by atoms with Crippen molar-refractivity contribution in [2.45, 2.75) is 19.9 Å². The summed E-state index contributed by atoms with van der Waals surface area (Å²) >= 11 is 0. The largest absolute Gasteiger partial charge is 0.480 e. The minimum Gasteiger partial charge on any atom is -0.480 e. The van der Waals surface area contributed by atoms with E-state index in [2.05, 4.69) is 5.10 Å². The lowest BCUT2D eigenvalue weighted by Crippen LogP contribution is -2.09. The molecule has 0 aromatic carbocycles. The van der Waals surface area contributed by atoms with Crippen molar-refractivity contribution < 1.29 is 9.47 Å². The highest BCUT2D eigenvalue weighted by molar-refractivity contribution is 5.26. The molecule has 6 heteroatoms. The summed E-state index contributed by atoms with van der Waals surface area (Å²) in [5.41, 5.74) is 0. The maximum Gasteiger partial charge on any atom is 0.236 e. The average molecular weight is 250 g/mol. The second-order valence-corrected chi connectivity index (χ2v) is 4.23. The topological polar surface area (TPSA) is 63.3 Å². The van der Waals surface area contributed by atoms with E-state index in [-0.39, 0.29) is 11.8 Å². The summed E-state index contributed by atoms with van der Waals surface area (Å²) in [6, 6.07) is 3.76. The van der Waals surface area contributed by atoms with E-state index in [0.29, 0.717) is 11.8 Å². The van der Waals surface area contributed by atoms with Gasteiger partial charge in [0.2, 0.25) is 17.5 Å². The van der Waals surface area contributed by atoms with Gasteiger partial charge in [0.15, 0.2) is 0 Å². The summed E-state index contributed by atoms with van der Waals surface area (Å²) < 4.78 is 12.3. The zero-order chi connectivity index (χ0) is 13.7. The predicted octanol–water partition coefficient (Wildman–Crippen LogP) is 1.78. The molecule has 0 atom stereocenters. The lowest BCUT2D eigenvalue weighted by molar-refractivity contribution is 0.350. The molecule has 1 aromatic heterocycles. The molecule has 0 unspecified atom stereocenters. The number of aromatic nitrogens is 2. The van der Waals surface area contributed by atoms with Crippen molar-refractivity contribution in [1.82, 2.24) is 14.7 Å². The van der Waals surface area contributed by atoms with Gasteiger partial charge in [-0.3, -0.25) is 0 Å². The van der Waals surface area contributed by atoms with E-state index in [9.17, 15) is 0 Å². The van der Waals surface area contributed by atoms with E-state index >= 15 is 0 Å². The third kappa shape index (κ3) is 3.42. The van der Waals surface area contributed by atoms with E-state index in [1.807, 2.05) is 34.0 Å². The van der Waals surface area contributed by atoms with Crippen LogP contribution in [0.25, 0.3) is 0 Å². The Kier molecular flexibility index (Phi) is 4.60. The smallest absolute Gasteiger partial charge is 0.236 e. The molecule has 0 aliphatic rings. The van der Waals surface area contributed by atoms with Crippen LogP contribution in [0.3, 0.4) is 0 Å². The summed E-state index contributed by atoms with van der Waals surface area (Å²) in [7, 11) is 5.18. The van der Waals surface area contributed by atoms with Crippen LogP contribution in [0.2, 0.25) is 0 Å². The number of methoxy groups -OCH3 is 1. The fraction of sp³-hybridized carbons (Fsp3) is 0.500. The molecule has 0 aliphatic carbocycles. The van der Waals surface area contributed by atoms with Gasteiger partial charge in [-0.05, 0) is 13.8 Å². The zero-order valence-corrected chi connectivity index (χ0v) is 11.3. The second-order valence-electron chi connectivity index (χ2n) is 4.23. The summed E-state index contributed by atoms with van der Waals surface area (Å²) in [4.78, 5) is 1.74. The quantitative estimate of drug-likeness (QED) is 0.588. The van der Waals surface area contributed by atoms with Gasteiger partial charge >= 0.3 is 0 Å². The number of ether oxygens (including phenoxy) is 2. The first-order valence-electron chi connectivity index (χ1n) is 5.57. The fourth-order valence-corrected chi connectivity index (χ4v) is 1.33. The van der Waals surface area contributed by atoms with Crippen LogP contribution < -0.4 is 9.47 Å². The van der Waals surface area contributed by atoms with Crippen molar-refractivity contribution in [1.29, 1.82) is 5.26 Å². The van der Waals surface area contributed by atoms with Crippen LogP contribution in [0, 0.1) is 11.3 Å². The van der Waals surface area contributed by atoms with Crippen LogP contribution in [-0.4, -0.2) is 35.9 Å². The van der Waals surface area contributed by atoms with Crippen LogP contribution in [0.1, 0.15) is 19.9 Å². The van der Waals surface area contributed by atoms with Crippen LogP contribution in [0.15, 0.2) is 18.0 Å². The Hall–Kier alpha value is -2.16. The molecule has 6 nitrogen and oxygen atoms in total. The van der Waals surface area contributed by atoms with E-state index in [1.165, 1.54) is 7.11 Å². The lowest BCUT2D eigenvalue weighted by Gasteiger charge is -2.11. The van der Waals surface area contributed by atoms with Crippen LogP contribution >= 0.6 is 0 Å². The van der Waals surface area contributed by atoms with Crippen LogP contribution in [0.4, 0.5) is 0 Å². The molecule has 98 valence electrons. The standard InChI is InChI=1S/C12H18N4O2/c1-9(2)16-12(6-11(14-16)17-5)18-10(7-13)8-15(3)4/h6,8-9H,1-5H3/b10-8+. The van der Waals surface area contributed by atoms with Gasteiger partial charge in [0, 0.05) is 14.1 Å². The van der Waals surface area contributed by atoms with E-state index in [4.69, 9.17) is 14.7 Å². The maximum atomic E-state index is 9.00. The Labute approximate surface area is 107 Å². The lowest BCUT2D eigenvalue weighted by atomic mass is 10.4. The predicted molar refractivity (Wildman–Crippen MR) is 67.2 cm³/mol. The van der Waals surface area contributed by atoms with E-state index in [0.717, 1.165) is 0 Å². The van der Waals surface area contributed by atoms with Gasteiger partial charge < -0.3 is 14.4 Å². The van der Waals surface area contributed by atoms with Gasteiger partial charge in [-0.15, -0.1) is 5.10 Å². The second kappa shape index (κ2) is 5.96. The van der Waals surface area contributed by atoms with Gasteiger partial charge in [0.1, 0.15) is 6.07 Å². The van der Waals surface area contributed by atoms with Gasteiger partial charge in [0.25, 0.3) is 0 Å². The molecule has 1 heterocycles. The van der Waals surface area contributed by atoms with Crippen molar-refractivity contribution in [3.8, 4) is 17.8 Å². The van der Waals surface area contributed by atoms with Gasteiger partial charge in [-0.1, -0.05) is 0 Å². The van der Waals surface area contributed by atoms with Gasteiger partial charge in [-0.25, -0.2) is 4.68 Å². The molecule has 18 heavy (non-hydrogen) atoms. The van der Waals surface area contributed by atoms with Gasteiger partial charge in [0.05, 0.1) is 25.4 Å². The molecule has 0 saturated heterocycles. The van der Waals surface area contributed by atoms with Crippen LogP contribution in [-0.2, 0) is 0 Å². The Morgan fingerprint density at radius 2 is 2.22 bits per heavy atom. The third-order valence-corrected chi connectivity index (χ3v) is 2.08. The van der Waals surface area contributed by atoms with E-state index < -0.39 is 0 Å². The summed E-state index contributed by atoms with van der Waals surface area (Å²) in [6.07, 6.45) is 1.60. The Bertz CT molecular complexity index is 469. The number of hydrogen-bond acceptors (Lipinski definition) is 5. The van der Waals surface area contributed by atoms with Crippen molar-refractivity contribution >= 4 is 0 Å². The zero-order valence-electron chi connectivity index (χ0n) is 11.3. The number of allylic oxidation sites excluding steroid dienone is 1. The first kappa shape index (κ1) is 13.9. The van der Waals surface area contributed by atoms with E-state index in [1.54, 1.807) is 21.8 Å². The van der Waals surface area contributed by atoms with Gasteiger partial charge in [-0.2, -0.15) is 5.26 Å². The average Bonchev–Trinajstić information content (AvgIpc) is 2.70. The highest BCUT2D eigenvalue weighted by Crippen LogP contribution is 2.24. The highest BCUT2D eigenvalue weighted by Gasteiger charge is 2.14. The molecule has 0 amide bonds. The van der Waals surface area contributed by atoms with Crippen LogP contribution in [0.5, 0.6) is 11.8 Å². The van der Waals surface area contributed by atoms with Crippen molar-refractivity contribution in [3.63, 3.8) is 0 Å². The molecule has 0 fully saturated rings. The fourth-order valence-electron chi connectivity index (χ4n) is 1.33. The van der Waals surface area contributed by atoms with Crippen molar-refractivity contribution in [2.24, 2.45) is 0 Å². The number of nitriles is 1. The molecule has 0 radical (unpaired) electrons. The molecule has 1 aromatic rings. The molecular formula is C12H18N4O2. The minimum absolute atomic E-state index is 0.114. The molecule has 0 N–H and O–H groups in total. The SMILES string of the molecule is COc1cc(O/C(C#N)=C/N(C)C)n(C(C)C)n1.